The van der Waals surface area contributed by atoms with Gasteiger partial charge in [0.05, 0.1) is 12.0 Å². The van der Waals surface area contributed by atoms with Gasteiger partial charge in [-0.3, -0.25) is 4.79 Å². The predicted molar refractivity (Wildman–Crippen MR) is 92.9 cm³/mol. The zero-order valence-electron chi connectivity index (χ0n) is 15.1. The van der Waals surface area contributed by atoms with Gasteiger partial charge in [-0.15, -0.1) is 0 Å². The molecule has 3 unspecified atom stereocenters. The number of nitriles is 1. The number of ketones is 1. The first kappa shape index (κ1) is 15.2. The minimum atomic E-state index is 0.258. The number of carbonyl (C=O) groups is 1. The second kappa shape index (κ2) is 4.54. The Morgan fingerprint density at radius 2 is 1.88 bits per heavy atom. The van der Waals surface area contributed by atoms with Crippen LogP contribution in [0.3, 0.4) is 0 Å². The van der Waals surface area contributed by atoms with Crippen LogP contribution in [0.2, 0.25) is 0 Å². The number of nitrogens with zero attached hydrogens (tertiary/aromatic N) is 1. The van der Waals surface area contributed by atoms with Crippen LogP contribution in [0.4, 0.5) is 0 Å². The molecule has 0 bridgehead atoms. The molecule has 4 saturated carbocycles. The maximum atomic E-state index is 12.1. The molecule has 0 saturated heterocycles. The van der Waals surface area contributed by atoms with Gasteiger partial charge in [0.1, 0.15) is 0 Å². The molecule has 0 aromatic carbocycles. The number of rotatable bonds is 0. The molecule has 0 heterocycles. The van der Waals surface area contributed by atoms with Gasteiger partial charge in [-0.2, -0.15) is 5.26 Å². The smallest absolute Gasteiger partial charge is 0.155 e. The standard InChI is InChI=1S/C22H29NO/c1-20-8-6-18-16(17(20)4-3-14(20)13-23)12-22(9-10-22)19-11-15(24)5-7-21(18,19)2/h11,14,16-18H,3-10,12H2,1-2H3/t14-,16?,17?,18?,20-,21-/m1/s1. The minimum absolute atomic E-state index is 0.258. The number of allylic oxidation sites excluding steroid dienone is 1. The first-order chi connectivity index (χ1) is 11.4. The first-order valence-electron chi connectivity index (χ1n) is 10.1. The van der Waals surface area contributed by atoms with Gasteiger partial charge >= 0.3 is 0 Å². The van der Waals surface area contributed by atoms with Crippen LogP contribution in [-0.2, 0) is 4.79 Å². The predicted octanol–water partition coefficient (Wildman–Crippen LogP) is 5.05. The molecular weight excluding hydrogens is 294 g/mol. The van der Waals surface area contributed by atoms with Crippen molar-refractivity contribution in [2.75, 3.05) is 0 Å². The zero-order valence-corrected chi connectivity index (χ0v) is 15.1. The van der Waals surface area contributed by atoms with E-state index in [-0.39, 0.29) is 16.7 Å². The molecule has 5 aliphatic rings. The van der Waals surface area contributed by atoms with Gasteiger partial charge in [0.25, 0.3) is 0 Å². The van der Waals surface area contributed by atoms with Gasteiger partial charge < -0.3 is 0 Å². The largest absolute Gasteiger partial charge is 0.295 e. The second-order valence-corrected chi connectivity index (χ2v) is 10.1. The lowest BCUT2D eigenvalue weighted by molar-refractivity contribution is -0.118. The van der Waals surface area contributed by atoms with Gasteiger partial charge in [-0.25, -0.2) is 0 Å². The molecule has 0 radical (unpaired) electrons. The zero-order chi connectivity index (χ0) is 16.7. The number of carbonyl (C=O) groups excluding carboxylic acids is 1. The second-order valence-electron chi connectivity index (χ2n) is 10.1. The fraction of sp³-hybridized carbons (Fsp3) is 0.818. The lowest BCUT2D eigenvalue weighted by atomic mass is 9.44. The van der Waals surface area contributed by atoms with Crippen LogP contribution in [0.15, 0.2) is 11.6 Å². The van der Waals surface area contributed by atoms with Crippen molar-refractivity contribution in [2.24, 2.45) is 39.9 Å². The van der Waals surface area contributed by atoms with E-state index in [1.54, 1.807) is 5.57 Å². The Kier molecular flexibility index (Phi) is 2.87. The summed E-state index contributed by atoms with van der Waals surface area (Å²) in [5.41, 5.74) is 2.44. The molecule has 24 heavy (non-hydrogen) atoms. The lowest BCUT2D eigenvalue weighted by Crippen LogP contribution is -2.53. The summed E-state index contributed by atoms with van der Waals surface area (Å²) in [6.45, 7) is 4.91. The molecule has 0 aromatic heterocycles. The molecular formula is C22H29NO. The summed E-state index contributed by atoms with van der Waals surface area (Å²) in [6, 6.07) is 2.65. The number of hydrogen-bond acceptors (Lipinski definition) is 2. The van der Waals surface area contributed by atoms with E-state index in [2.05, 4.69) is 26.0 Å². The van der Waals surface area contributed by atoms with E-state index < -0.39 is 0 Å². The Balaban J connectivity index is 1.58. The topological polar surface area (TPSA) is 40.9 Å². The minimum Gasteiger partial charge on any atom is -0.295 e. The van der Waals surface area contributed by atoms with Crippen molar-refractivity contribution in [1.82, 2.24) is 0 Å². The van der Waals surface area contributed by atoms with Gasteiger partial charge in [0.2, 0.25) is 0 Å². The van der Waals surface area contributed by atoms with E-state index in [9.17, 15) is 10.1 Å². The molecule has 1 spiro atoms. The van der Waals surface area contributed by atoms with Crippen LogP contribution in [0, 0.1) is 51.2 Å². The van der Waals surface area contributed by atoms with Crippen molar-refractivity contribution >= 4 is 5.78 Å². The van der Waals surface area contributed by atoms with Crippen LogP contribution in [0.1, 0.15) is 71.6 Å². The maximum absolute atomic E-state index is 12.1. The third kappa shape index (κ3) is 1.69. The van der Waals surface area contributed by atoms with Crippen molar-refractivity contribution in [2.45, 2.75) is 71.6 Å². The molecule has 5 aliphatic carbocycles. The van der Waals surface area contributed by atoms with E-state index in [1.165, 1.54) is 38.5 Å². The highest BCUT2D eigenvalue weighted by Gasteiger charge is 2.66. The Hall–Kier alpha value is -1.10. The van der Waals surface area contributed by atoms with E-state index in [1.807, 2.05) is 0 Å². The summed E-state index contributed by atoms with van der Waals surface area (Å²) < 4.78 is 0. The normalized spacial score (nSPS) is 51.2. The first-order valence-corrected chi connectivity index (χ1v) is 10.1. The number of hydrogen-bond donors (Lipinski definition) is 0. The average Bonchev–Trinajstić information content (AvgIpc) is 3.23. The molecule has 0 N–H and O–H groups in total. The van der Waals surface area contributed by atoms with Crippen molar-refractivity contribution in [1.29, 1.82) is 5.26 Å². The molecule has 128 valence electrons. The van der Waals surface area contributed by atoms with Gasteiger partial charge in [-0.05, 0) is 91.4 Å². The lowest BCUT2D eigenvalue weighted by Gasteiger charge is -2.60. The number of fused-ring (bicyclic) bond motifs is 6. The van der Waals surface area contributed by atoms with Crippen molar-refractivity contribution in [3.8, 4) is 6.07 Å². The summed E-state index contributed by atoms with van der Waals surface area (Å²) in [4.78, 5) is 12.1. The van der Waals surface area contributed by atoms with Gasteiger partial charge in [0.15, 0.2) is 5.78 Å². The van der Waals surface area contributed by atoms with Crippen LogP contribution >= 0.6 is 0 Å². The van der Waals surface area contributed by atoms with E-state index in [0.717, 1.165) is 37.0 Å². The molecule has 0 aromatic rings. The van der Waals surface area contributed by atoms with Crippen molar-refractivity contribution < 1.29 is 4.79 Å². The highest BCUT2D eigenvalue weighted by Crippen LogP contribution is 2.74. The van der Waals surface area contributed by atoms with Crippen LogP contribution < -0.4 is 0 Å². The SMILES string of the molecule is C[C@]12CCC(=O)C=C1C1(CC1)CC1C2CC[C@@]2(C)C1CC[C@@H]2C#N. The molecule has 2 nitrogen and oxygen atoms in total. The monoisotopic (exact) mass is 323 g/mol. The Morgan fingerprint density at radius 3 is 2.58 bits per heavy atom. The van der Waals surface area contributed by atoms with Gasteiger partial charge in [0, 0.05) is 6.42 Å². The van der Waals surface area contributed by atoms with Crippen LogP contribution in [0.25, 0.3) is 0 Å². The fourth-order valence-corrected chi connectivity index (χ4v) is 7.82. The maximum Gasteiger partial charge on any atom is 0.155 e. The summed E-state index contributed by atoms with van der Waals surface area (Å²) in [7, 11) is 0. The van der Waals surface area contributed by atoms with E-state index in [0.29, 0.717) is 11.2 Å². The fourth-order valence-electron chi connectivity index (χ4n) is 7.82. The Morgan fingerprint density at radius 1 is 1.08 bits per heavy atom. The Bertz CT molecular complexity index is 681. The quantitative estimate of drug-likeness (QED) is 0.626. The molecule has 2 heteroatoms. The third-order valence-corrected chi connectivity index (χ3v) is 9.27. The molecule has 4 fully saturated rings. The highest BCUT2D eigenvalue weighted by atomic mass is 16.1. The molecule has 0 amide bonds. The van der Waals surface area contributed by atoms with Crippen LogP contribution in [-0.4, -0.2) is 5.78 Å². The van der Waals surface area contributed by atoms with Crippen LogP contribution in [0.5, 0.6) is 0 Å². The Labute approximate surface area is 145 Å². The summed E-state index contributed by atoms with van der Waals surface area (Å²) in [5, 5.41) is 9.65. The molecule has 6 atom stereocenters. The summed E-state index contributed by atoms with van der Waals surface area (Å²) in [6.07, 6.45) is 12.7. The molecule has 0 aliphatic heterocycles. The highest BCUT2D eigenvalue weighted by molar-refractivity contribution is 5.92. The van der Waals surface area contributed by atoms with Crippen molar-refractivity contribution in [3.05, 3.63) is 11.6 Å². The van der Waals surface area contributed by atoms with E-state index in [4.69, 9.17) is 0 Å². The van der Waals surface area contributed by atoms with Crippen molar-refractivity contribution in [3.63, 3.8) is 0 Å². The summed E-state index contributed by atoms with van der Waals surface area (Å²) >= 11 is 0. The average molecular weight is 323 g/mol. The molecule has 5 rings (SSSR count). The summed E-state index contributed by atoms with van der Waals surface area (Å²) in [5.74, 6) is 2.93. The van der Waals surface area contributed by atoms with E-state index >= 15 is 0 Å². The van der Waals surface area contributed by atoms with Gasteiger partial charge in [-0.1, -0.05) is 19.4 Å². The third-order valence-electron chi connectivity index (χ3n) is 9.27.